The molecule has 1 spiro atoms. The lowest BCUT2D eigenvalue weighted by Gasteiger charge is -2.40. The van der Waals surface area contributed by atoms with Crippen molar-refractivity contribution >= 4 is 12.0 Å². The molecule has 0 aromatic heterocycles. The smallest absolute Gasteiger partial charge is 0.410 e. The van der Waals surface area contributed by atoms with E-state index in [9.17, 15) is 9.59 Å². The Morgan fingerprint density at radius 1 is 1.19 bits per heavy atom. The molecule has 0 radical (unpaired) electrons. The quantitative estimate of drug-likeness (QED) is 0.723. The first-order valence-electron chi connectivity index (χ1n) is 10.4. The SMILES string of the molecule is CC(C)CCN1CC2(CCN(C(=O)C[C@H]3CN(C)CCN3C)CC2)OC1=O. The van der Waals surface area contributed by atoms with Gasteiger partial charge in [-0.1, -0.05) is 13.8 Å². The van der Waals surface area contributed by atoms with E-state index in [1.54, 1.807) is 0 Å². The van der Waals surface area contributed by atoms with Gasteiger partial charge >= 0.3 is 6.09 Å². The zero-order valence-electron chi connectivity index (χ0n) is 17.4. The van der Waals surface area contributed by atoms with Crippen molar-refractivity contribution in [2.24, 2.45) is 5.92 Å². The average molecular weight is 381 g/mol. The summed E-state index contributed by atoms with van der Waals surface area (Å²) in [7, 11) is 4.23. The molecule has 0 N–H and O–H groups in total. The zero-order valence-corrected chi connectivity index (χ0v) is 17.4. The maximum atomic E-state index is 12.8. The third-order valence-electron chi connectivity index (χ3n) is 6.44. The molecule has 3 fully saturated rings. The highest BCUT2D eigenvalue weighted by atomic mass is 16.6. The molecule has 3 heterocycles. The molecule has 3 rings (SSSR count). The first-order chi connectivity index (χ1) is 12.8. The molecule has 3 saturated heterocycles. The van der Waals surface area contributed by atoms with Gasteiger partial charge in [0.25, 0.3) is 0 Å². The van der Waals surface area contributed by atoms with Crippen molar-refractivity contribution in [3.05, 3.63) is 0 Å². The molecular weight excluding hydrogens is 344 g/mol. The fraction of sp³-hybridized carbons (Fsp3) is 0.900. The first-order valence-corrected chi connectivity index (χ1v) is 10.4. The number of hydrogen-bond acceptors (Lipinski definition) is 5. The summed E-state index contributed by atoms with van der Waals surface area (Å²) in [6.45, 7) is 10.2. The van der Waals surface area contributed by atoms with E-state index in [0.29, 0.717) is 38.0 Å². The van der Waals surface area contributed by atoms with Gasteiger partial charge in [-0.15, -0.1) is 0 Å². The Bertz CT molecular complexity index is 545. The van der Waals surface area contributed by atoms with Crippen molar-refractivity contribution in [2.45, 2.75) is 51.2 Å². The molecule has 27 heavy (non-hydrogen) atoms. The third-order valence-corrected chi connectivity index (χ3v) is 6.44. The molecule has 0 aromatic rings. The number of ether oxygens (including phenoxy) is 1. The second-order valence-corrected chi connectivity index (χ2v) is 9.14. The standard InChI is InChI=1S/C20H36N4O3/c1-16(2)5-8-24-15-20(27-19(24)26)6-9-23(10-7-20)18(25)13-17-14-21(3)11-12-22(17)4/h16-17H,5-15H2,1-4H3/t17-/m0/s1. The molecule has 3 aliphatic rings. The Hall–Kier alpha value is -1.34. The summed E-state index contributed by atoms with van der Waals surface area (Å²) in [6, 6.07) is 0.294. The van der Waals surface area contributed by atoms with Crippen LogP contribution in [0.1, 0.15) is 39.5 Å². The van der Waals surface area contributed by atoms with E-state index in [1.165, 1.54) is 0 Å². The summed E-state index contributed by atoms with van der Waals surface area (Å²) in [6.07, 6.45) is 2.90. The minimum Gasteiger partial charge on any atom is -0.441 e. The van der Waals surface area contributed by atoms with Gasteiger partial charge in [-0.2, -0.15) is 0 Å². The van der Waals surface area contributed by atoms with Crippen LogP contribution in [0.2, 0.25) is 0 Å². The second-order valence-electron chi connectivity index (χ2n) is 9.14. The summed E-state index contributed by atoms with van der Waals surface area (Å²) in [5.74, 6) is 0.809. The number of amides is 2. The number of piperidine rings is 1. The first kappa shape index (κ1) is 20.4. The maximum absolute atomic E-state index is 12.8. The molecule has 0 aromatic carbocycles. The number of nitrogens with zero attached hydrogens (tertiary/aromatic N) is 4. The van der Waals surface area contributed by atoms with Gasteiger partial charge in [-0.25, -0.2) is 4.79 Å². The van der Waals surface area contributed by atoms with E-state index < -0.39 is 0 Å². The van der Waals surface area contributed by atoms with Crippen molar-refractivity contribution in [1.82, 2.24) is 19.6 Å². The predicted octanol–water partition coefficient (Wildman–Crippen LogP) is 1.48. The monoisotopic (exact) mass is 380 g/mol. The molecule has 7 nitrogen and oxygen atoms in total. The van der Waals surface area contributed by atoms with Crippen molar-refractivity contribution in [2.75, 3.05) is 59.9 Å². The molecule has 2 amide bonds. The van der Waals surface area contributed by atoms with Crippen molar-refractivity contribution in [1.29, 1.82) is 0 Å². The number of hydrogen-bond donors (Lipinski definition) is 0. The lowest BCUT2D eigenvalue weighted by atomic mass is 9.91. The van der Waals surface area contributed by atoms with Gasteiger partial charge in [-0.05, 0) is 26.4 Å². The van der Waals surface area contributed by atoms with Crippen molar-refractivity contribution in [3.63, 3.8) is 0 Å². The molecule has 7 heteroatoms. The van der Waals surface area contributed by atoms with Gasteiger partial charge in [0.1, 0.15) is 5.60 Å². The zero-order chi connectivity index (χ0) is 19.6. The van der Waals surface area contributed by atoms with E-state index in [2.05, 4.69) is 37.7 Å². The van der Waals surface area contributed by atoms with Crippen LogP contribution in [0.25, 0.3) is 0 Å². The number of rotatable bonds is 5. The minimum atomic E-state index is -0.382. The van der Waals surface area contributed by atoms with E-state index >= 15 is 0 Å². The van der Waals surface area contributed by atoms with Gasteiger partial charge in [0, 0.05) is 64.6 Å². The Morgan fingerprint density at radius 3 is 2.56 bits per heavy atom. The highest BCUT2D eigenvalue weighted by Crippen LogP contribution is 2.33. The highest BCUT2D eigenvalue weighted by molar-refractivity contribution is 5.77. The van der Waals surface area contributed by atoms with Gasteiger partial charge in [-0.3, -0.25) is 4.79 Å². The third kappa shape index (κ3) is 4.93. The highest BCUT2D eigenvalue weighted by Gasteiger charge is 2.47. The average Bonchev–Trinajstić information content (AvgIpc) is 2.92. The summed E-state index contributed by atoms with van der Waals surface area (Å²) in [5, 5.41) is 0. The van der Waals surface area contributed by atoms with Crippen LogP contribution in [0.15, 0.2) is 0 Å². The molecule has 3 aliphatic heterocycles. The van der Waals surface area contributed by atoms with Gasteiger partial charge in [0.05, 0.1) is 6.54 Å². The lowest BCUT2D eigenvalue weighted by Crippen LogP contribution is -2.53. The fourth-order valence-electron chi connectivity index (χ4n) is 4.36. The van der Waals surface area contributed by atoms with Crippen LogP contribution in [0.3, 0.4) is 0 Å². The van der Waals surface area contributed by atoms with Crippen LogP contribution in [0.5, 0.6) is 0 Å². The minimum absolute atomic E-state index is 0.178. The van der Waals surface area contributed by atoms with E-state index in [0.717, 1.165) is 45.4 Å². The van der Waals surface area contributed by atoms with E-state index in [1.807, 2.05) is 9.80 Å². The van der Waals surface area contributed by atoms with Crippen LogP contribution in [0.4, 0.5) is 4.79 Å². The van der Waals surface area contributed by atoms with Crippen LogP contribution < -0.4 is 0 Å². The van der Waals surface area contributed by atoms with E-state index in [4.69, 9.17) is 4.74 Å². The van der Waals surface area contributed by atoms with Crippen LogP contribution >= 0.6 is 0 Å². The van der Waals surface area contributed by atoms with Gasteiger partial charge < -0.3 is 24.3 Å². The number of piperazine rings is 1. The number of likely N-dealkylation sites (tertiary alicyclic amines) is 1. The van der Waals surface area contributed by atoms with Gasteiger partial charge in [0.2, 0.25) is 5.91 Å². The molecule has 0 aliphatic carbocycles. The molecule has 0 unspecified atom stereocenters. The van der Waals surface area contributed by atoms with Gasteiger partial charge in [0.15, 0.2) is 0 Å². The summed E-state index contributed by atoms with van der Waals surface area (Å²) in [5.41, 5.74) is -0.382. The normalized spacial score (nSPS) is 26.9. The largest absolute Gasteiger partial charge is 0.441 e. The molecule has 0 saturated carbocycles. The fourth-order valence-corrected chi connectivity index (χ4v) is 4.36. The summed E-state index contributed by atoms with van der Waals surface area (Å²) < 4.78 is 5.78. The second kappa shape index (κ2) is 8.35. The topological polar surface area (TPSA) is 56.3 Å². The Labute approximate surface area is 163 Å². The molecular formula is C20H36N4O3. The lowest BCUT2D eigenvalue weighted by molar-refractivity contribution is -0.136. The van der Waals surface area contributed by atoms with E-state index in [-0.39, 0.29) is 17.6 Å². The maximum Gasteiger partial charge on any atom is 0.410 e. The molecule has 0 bridgehead atoms. The number of carbonyl (C=O) groups excluding carboxylic acids is 2. The van der Waals surface area contributed by atoms with Crippen LogP contribution in [-0.2, 0) is 9.53 Å². The number of likely N-dealkylation sites (N-methyl/N-ethyl adjacent to an activating group) is 2. The Kier molecular flexibility index (Phi) is 6.31. The van der Waals surface area contributed by atoms with Crippen molar-refractivity contribution in [3.8, 4) is 0 Å². The Balaban J connectivity index is 1.48. The molecule has 154 valence electrons. The van der Waals surface area contributed by atoms with Crippen LogP contribution in [0, 0.1) is 5.92 Å². The van der Waals surface area contributed by atoms with Crippen molar-refractivity contribution < 1.29 is 14.3 Å². The molecule has 1 atom stereocenters. The number of carbonyl (C=O) groups is 2. The predicted molar refractivity (Wildman–Crippen MR) is 105 cm³/mol. The van der Waals surface area contributed by atoms with Crippen LogP contribution in [-0.4, -0.2) is 103 Å². The summed E-state index contributed by atoms with van der Waals surface area (Å²) in [4.78, 5) is 33.4. The summed E-state index contributed by atoms with van der Waals surface area (Å²) >= 11 is 0. The Morgan fingerprint density at radius 2 is 1.89 bits per heavy atom.